The Morgan fingerprint density at radius 2 is 1.55 bits per heavy atom. The largest absolute Gasteiger partial charge is 0.273 e. The molecule has 0 bridgehead atoms. The summed E-state index contributed by atoms with van der Waals surface area (Å²) >= 11 is 6.04. The molecule has 0 radical (unpaired) electrons. The highest BCUT2D eigenvalue weighted by molar-refractivity contribution is 7.89. The molecule has 0 atom stereocenters. The van der Waals surface area contributed by atoms with E-state index in [1.807, 2.05) is 6.92 Å². The van der Waals surface area contributed by atoms with Crippen LogP contribution in [0.1, 0.15) is 27.0 Å². The summed E-state index contributed by atoms with van der Waals surface area (Å²) < 4.78 is 26.7. The van der Waals surface area contributed by atoms with Crippen molar-refractivity contribution in [1.29, 1.82) is 0 Å². The summed E-state index contributed by atoms with van der Waals surface area (Å²) in [6.45, 7) is 2.04. The second-order valence-electron chi connectivity index (χ2n) is 7.54. The lowest BCUT2D eigenvalue weighted by molar-refractivity contribution is -0.121. The summed E-state index contributed by atoms with van der Waals surface area (Å²) in [7, 11) is -2.13. The van der Waals surface area contributed by atoms with E-state index >= 15 is 0 Å². The normalized spacial score (nSPS) is 11.3. The lowest BCUT2D eigenvalue weighted by Gasteiger charge is -2.17. The zero-order valence-corrected chi connectivity index (χ0v) is 19.8. The lowest BCUT2D eigenvalue weighted by atomic mass is 10.1. The van der Waals surface area contributed by atoms with E-state index in [1.54, 1.807) is 72.8 Å². The first-order valence-corrected chi connectivity index (χ1v) is 11.9. The van der Waals surface area contributed by atoms with E-state index in [0.717, 1.165) is 5.56 Å². The predicted octanol–water partition coefficient (Wildman–Crippen LogP) is 3.47. The van der Waals surface area contributed by atoms with Gasteiger partial charge in [0.1, 0.15) is 0 Å². The third kappa shape index (κ3) is 6.41. The summed E-state index contributed by atoms with van der Waals surface area (Å²) in [4.78, 5) is 24.6. The van der Waals surface area contributed by atoms with Gasteiger partial charge >= 0.3 is 0 Å². The molecule has 3 aromatic rings. The van der Waals surface area contributed by atoms with Gasteiger partial charge in [0.05, 0.1) is 11.3 Å². The van der Waals surface area contributed by atoms with Crippen molar-refractivity contribution in [3.63, 3.8) is 0 Å². The van der Waals surface area contributed by atoms with Gasteiger partial charge in [0, 0.05) is 24.2 Å². The molecule has 33 heavy (non-hydrogen) atoms. The van der Waals surface area contributed by atoms with E-state index in [2.05, 4.69) is 10.9 Å². The Bertz CT molecular complexity index is 1240. The lowest BCUT2D eigenvalue weighted by Crippen LogP contribution is -2.42. The maximum absolute atomic E-state index is 12.7. The Morgan fingerprint density at radius 3 is 2.18 bits per heavy atom. The molecule has 0 aliphatic rings. The number of halogens is 1. The van der Waals surface area contributed by atoms with Crippen LogP contribution in [-0.4, -0.2) is 31.6 Å². The Balaban J connectivity index is 1.55. The Hall–Kier alpha value is -3.20. The van der Waals surface area contributed by atoms with Crippen LogP contribution >= 0.6 is 11.6 Å². The molecule has 2 N–H and O–H groups in total. The zero-order chi connectivity index (χ0) is 24.0. The number of sulfonamides is 1. The average Bonchev–Trinajstić information content (AvgIpc) is 2.79. The second kappa shape index (κ2) is 10.6. The highest BCUT2D eigenvalue weighted by Gasteiger charge is 2.20. The van der Waals surface area contributed by atoms with Crippen molar-refractivity contribution in [1.82, 2.24) is 15.2 Å². The standard InChI is InChI=1S/C24H24ClN3O4S/c1-17-7-13-21(14-8-17)33(31,32)28(2)16-18-9-11-19(12-10-18)24(30)27-26-23(29)15-20-5-3-4-6-22(20)25/h3-14H,15-16H2,1-2H3,(H,26,29)(H,27,30). The van der Waals surface area contributed by atoms with Crippen LogP contribution in [-0.2, 0) is 27.8 Å². The third-order valence-corrected chi connectivity index (χ3v) is 7.16. The topological polar surface area (TPSA) is 95.6 Å². The number of nitrogens with zero attached hydrogens (tertiary/aromatic N) is 1. The number of carbonyl (C=O) groups is 2. The minimum atomic E-state index is -3.63. The molecule has 0 heterocycles. The minimum absolute atomic E-state index is 0.0285. The van der Waals surface area contributed by atoms with E-state index in [-0.39, 0.29) is 17.9 Å². The number of hydrazine groups is 1. The number of amides is 2. The van der Waals surface area contributed by atoms with E-state index < -0.39 is 21.8 Å². The van der Waals surface area contributed by atoms with Gasteiger partial charge in [0.25, 0.3) is 5.91 Å². The molecule has 0 aliphatic heterocycles. The van der Waals surface area contributed by atoms with Crippen LogP contribution in [0.3, 0.4) is 0 Å². The van der Waals surface area contributed by atoms with Gasteiger partial charge in [-0.1, -0.05) is 59.6 Å². The fourth-order valence-corrected chi connectivity index (χ4v) is 4.41. The molecule has 0 aliphatic carbocycles. The van der Waals surface area contributed by atoms with Crippen molar-refractivity contribution in [3.8, 4) is 0 Å². The fraction of sp³-hybridized carbons (Fsp3) is 0.167. The molecule has 0 spiro atoms. The minimum Gasteiger partial charge on any atom is -0.273 e. The summed E-state index contributed by atoms with van der Waals surface area (Å²) in [5.41, 5.74) is 7.39. The first kappa shape index (κ1) is 24.4. The molecule has 9 heteroatoms. The van der Waals surface area contributed by atoms with Gasteiger partial charge in [-0.3, -0.25) is 20.4 Å². The molecule has 3 rings (SSSR count). The number of carbonyl (C=O) groups excluding carboxylic acids is 2. The van der Waals surface area contributed by atoms with Gasteiger partial charge in [-0.15, -0.1) is 0 Å². The van der Waals surface area contributed by atoms with Gasteiger partial charge < -0.3 is 0 Å². The Kier molecular flexibility index (Phi) is 7.86. The van der Waals surface area contributed by atoms with Crippen molar-refractivity contribution in [2.45, 2.75) is 24.8 Å². The fourth-order valence-electron chi connectivity index (χ4n) is 3.05. The molecular weight excluding hydrogens is 462 g/mol. The number of rotatable bonds is 7. The molecule has 0 unspecified atom stereocenters. The van der Waals surface area contributed by atoms with Crippen LogP contribution < -0.4 is 10.9 Å². The number of hydrogen-bond acceptors (Lipinski definition) is 4. The van der Waals surface area contributed by atoms with Crippen molar-refractivity contribution in [2.75, 3.05) is 7.05 Å². The molecule has 2 amide bonds. The van der Waals surface area contributed by atoms with Crippen LogP contribution in [0.2, 0.25) is 5.02 Å². The number of aryl methyl sites for hydroxylation is 1. The molecule has 0 saturated heterocycles. The predicted molar refractivity (Wildman–Crippen MR) is 127 cm³/mol. The van der Waals surface area contributed by atoms with Crippen LogP contribution in [0.5, 0.6) is 0 Å². The number of nitrogens with one attached hydrogen (secondary N) is 2. The average molecular weight is 486 g/mol. The van der Waals surface area contributed by atoms with Gasteiger partial charge in [0.2, 0.25) is 15.9 Å². The van der Waals surface area contributed by atoms with E-state index in [9.17, 15) is 18.0 Å². The SMILES string of the molecule is Cc1ccc(S(=O)(=O)N(C)Cc2ccc(C(=O)NNC(=O)Cc3ccccc3Cl)cc2)cc1. The summed E-state index contributed by atoms with van der Waals surface area (Å²) in [5.74, 6) is -0.898. The molecule has 7 nitrogen and oxygen atoms in total. The smallest absolute Gasteiger partial charge is 0.269 e. The highest BCUT2D eigenvalue weighted by atomic mass is 35.5. The maximum Gasteiger partial charge on any atom is 0.269 e. The molecular formula is C24H24ClN3O4S. The van der Waals surface area contributed by atoms with Crippen LogP contribution in [0.25, 0.3) is 0 Å². The molecule has 0 aromatic heterocycles. The van der Waals surface area contributed by atoms with Crippen molar-refractivity contribution < 1.29 is 18.0 Å². The molecule has 0 fully saturated rings. The van der Waals surface area contributed by atoms with E-state index in [1.165, 1.54) is 11.4 Å². The van der Waals surface area contributed by atoms with Crippen molar-refractivity contribution in [2.24, 2.45) is 0 Å². The first-order valence-electron chi connectivity index (χ1n) is 10.1. The van der Waals surface area contributed by atoms with Gasteiger partial charge in [-0.05, 0) is 48.4 Å². The van der Waals surface area contributed by atoms with Crippen molar-refractivity contribution in [3.05, 3.63) is 100 Å². The summed E-state index contributed by atoms with van der Waals surface area (Å²) in [5, 5.41) is 0.476. The number of benzene rings is 3. The zero-order valence-electron chi connectivity index (χ0n) is 18.2. The van der Waals surface area contributed by atoms with Gasteiger partial charge in [-0.25, -0.2) is 8.42 Å². The first-order chi connectivity index (χ1) is 15.7. The molecule has 0 saturated carbocycles. The number of hydrogen-bond donors (Lipinski definition) is 2. The highest BCUT2D eigenvalue weighted by Crippen LogP contribution is 2.18. The van der Waals surface area contributed by atoms with E-state index in [4.69, 9.17) is 11.6 Å². The maximum atomic E-state index is 12.7. The van der Waals surface area contributed by atoms with Crippen molar-refractivity contribution >= 4 is 33.4 Å². The van der Waals surface area contributed by atoms with Crippen LogP contribution in [0.15, 0.2) is 77.7 Å². The molecule has 3 aromatic carbocycles. The van der Waals surface area contributed by atoms with E-state index in [0.29, 0.717) is 21.7 Å². The second-order valence-corrected chi connectivity index (χ2v) is 9.99. The Labute approximate surface area is 198 Å². The monoisotopic (exact) mass is 485 g/mol. The Morgan fingerprint density at radius 1 is 0.909 bits per heavy atom. The van der Waals surface area contributed by atoms with Crippen LogP contribution in [0.4, 0.5) is 0 Å². The third-order valence-electron chi connectivity index (χ3n) is 4.97. The van der Waals surface area contributed by atoms with Gasteiger partial charge in [0.15, 0.2) is 0 Å². The quantitative estimate of drug-likeness (QED) is 0.501. The van der Waals surface area contributed by atoms with Crippen LogP contribution in [0, 0.1) is 6.92 Å². The van der Waals surface area contributed by atoms with Gasteiger partial charge in [-0.2, -0.15) is 4.31 Å². The molecule has 172 valence electrons. The summed E-state index contributed by atoms with van der Waals surface area (Å²) in [6.07, 6.45) is 0.0285. The summed E-state index contributed by atoms with van der Waals surface area (Å²) in [6, 6.07) is 20.1.